The van der Waals surface area contributed by atoms with E-state index < -0.39 is 0 Å². The minimum atomic E-state index is 0.259. The van der Waals surface area contributed by atoms with Gasteiger partial charge in [0, 0.05) is 6.04 Å². The molecule has 2 N–H and O–H groups in total. The Kier molecular flexibility index (Phi) is 7.51. The van der Waals surface area contributed by atoms with E-state index >= 15 is 0 Å². The molecule has 0 heterocycles. The second kappa shape index (κ2) is 7.56. The Hall–Kier alpha value is -0.0800. The van der Waals surface area contributed by atoms with Crippen molar-refractivity contribution in [2.45, 2.75) is 46.1 Å². The summed E-state index contributed by atoms with van der Waals surface area (Å²) in [6.07, 6.45) is 3.53. The number of hydrogen-bond acceptors (Lipinski definition) is 2. The summed E-state index contributed by atoms with van der Waals surface area (Å²) in [5.41, 5.74) is 0. The Morgan fingerprint density at radius 1 is 1.33 bits per heavy atom. The Morgan fingerprint density at radius 3 is 2.42 bits per heavy atom. The van der Waals surface area contributed by atoms with Gasteiger partial charge >= 0.3 is 0 Å². The van der Waals surface area contributed by atoms with E-state index in [2.05, 4.69) is 26.1 Å². The average Bonchev–Trinajstić information content (AvgIpc) is 2.07. The molecule has 0 aromatic rings. The zero-order valence-corrected chi connectivity index (χ0v) is 8.64. The molecule has 2 nitrogen and oxygen atoms in total. The summed E-state index contributed by atoms with van der Waals surface area (Å²) in [6.45, 7) is 7.85. The Bertz CT molecular complexity index is 91.8. The summed E-state index contributed by atoms with van der Waals surface area (Å²) < 4.78 is 0. The van der Waals surface area contributed by atoms with Gasteiger partial charge in [0.1, 0.15) is 0 Å². The molecule has 74 valence electrons. The van der Waals surface area contributed by atoms with Crippen molar-refractivity contribution >= 4 is 0 Å². The Morgan fingerprint density at radius 2 is 2.00 bits per heavy atom. The number of nitrogens with one attached hydrogen (secondary N) is 1. The van der Waals surface area contributed by atoms with Crippen LogP contribution in [0.5, 0.6) is 0 Å². The first-order valence-corrected chi connectivity index (χ1v) is 5.08. The number of aliphatic hydroxyl groups excluding tert-OH is 1. The van der Waals surface area contributed by atoms with Crippen LogP contribution in [0.3, 0.4) is 0 Å². The van der Waals surface area contributed by atoms with Gasteiger partial charge in [-0.2, -0.15) is 0 Å². The molecule has 1 unspecified atom stereocenters. The lowest BCUT2D eigenvalue weighted by atomic mass is 10.1. The second-order valence-electron chi connectivity index (χ2n) is 3.59. The lowest BCUT2D eigenvalue weighted by molar-refractivity contribution is 0.233. The maximum Gasteiger partial charge on any atom is 0.0584 e. The number of aliphatic hydroxyl groups is 1. The molecule has 0 fully saturated rings. The van der Waals surface area contributed by atoms with Gasteiger partial charge < -0.3 is 10.4 Å². The largest absolute Gasteiger partial charge is 0.395 e. The van der Waals surface area contributed by atoms with Crippen LogP contribution in [-0.4, -0.2) is 24.3 Å². The molecule has 12 heavy (non-hydrogen) atoms. The summed E-state index contributed by atoms with van der Waals surface area (Å²) in [6, 6.07) is 0.296. The summed E-state index contributed by atoms with van der Waals surface area (Å²) in [5.74, 6) is 0.732. The Labute approximate surface area is 76.4 Å². The van der Waals surface area contributed by atoms with Crippen molar-refractivity contribution in [1.82, 2.24) is 5.32 Å². The van der Waals surface area contributed by atoms with Crippen molar-refractivity contribution < 1.29 is 5.11 Å². The molecule has 0 aliphatic carbocycles. The first kappa shape index (κ1) is 11.9. The fourth-order valence-corrected chi connectivity index (χ4v) is 1.30. The molecule has 0 radical (unpaired) electrons. The molecular formula is C10H23NO. The van der Waals surface area contributed by atoms with E-state index in [4.69, 9.17) is 5.11 Å². The number of rotatable bonds is 7. The van der Waals surface area contributed by atoms with Gasteiger partial charge in [0.2, 0.25) is 0 Å². The zero-order valence-electron chi connectivity index (χ0n) is 8.64. The van der Waals surface area contributed by atoms with Crippen LogP contribution in [0.4, 0.5) is 0 Å². The summed E-state index contributed by atoms with van der Waals surface area (Å²) in [4.78, 5) is 0. The van der Waals surface area contributed by atoms with Gasteiger partial charge in [-0.15, -0.1) is 0 Å². The topological polar surface area (TPSA) is 32.3 Å². The van der Waals surface area contributed by atoms with Crippen molar-refractivity contribution in [3.63, 3.8) is 0 Å². The van der Waals surface area contributed by atoms with Crippen LogP contribution < -0.4 is 5.32 Å². The van der Waals surface area contributed by atoms with Crippen molar-refractivity contribution in [1.29, 1.82) is 0 Å². The lowest BCUT2D eigenvalue weighted by Gasteiger charge is -2.17. The molecule has 0 amide bonds. The summed E-state index contributed by atoms with van der Waals surface area (Å²) in [5, 5.41) is 12.3. The lowest BCUT2D eigenvalue weighted by Crippen LogP contribution is -2.34. The summed E-state index contributed by atoms with van der Waals surface area (Å²) in [7, 11) is 0. The van der Waals surface area contributed by atoms with Crippen molar-refractivity contribution in [3.8, 4) is 0 Å². The average molecular weight is 173 g/mol. The van der Waals surface area contributed by atoms with E-state index in [-0.39, 0.29) is 6.61 Å². The molecule has 0 aromatic carbocycles. The highest BCUT2D eigenvalue weighted by atomic mass is 16.3. The molecular weight excluding hydrogens is 150 g/mol. The highest BCUT2D eigenvalue weighted by molar-refractivity contribution is 4.65. The van der Waals surface area contributed by atoms with Crippen LogP contribution >= 0.6 is 0 Å². The van der Waals surface area contributed by atoms with E-state index in [0.717, 1.165) is 18.9 Å². The molecule has 0 saturated carbocycles. The van der Waals surface area contributed by atoms with Crippen molar-refractivity contribution in [3.05, 3.63) is 0 Å². The third-order valence-corrected chi connectivity index (χ3v) is 2.25. The standard InChI is InChI=1S/C10H23NO/c1-4-6-9(3)7-11-10(5-2)8-12/h9-12H,4-8H2,1-3H3/t9?,10-/m0/s1. The van der Waals surface area contributed by atoms with Gasteiger partial charge in [-0.05, 0) is 25.3 Å². The molecule has 0 spiro atoms. The monoisotopic (exact) mass is 173 g/mol. The van der Waals surface area contributed by atoms with Crippen LogP contribution in [0.1, 0.15) is 40.0 Å². The quantitative estimate of drug-likeness (QED) is 0.615. The van der Waals surface area contributed by atoms with Gasteiger partial charge in [-0.25, -0.2) is 0 Å². The van der Waals surface area contributed by atoms with Crippen molar-refractivity contribution in [2.24, 2.45) is 5.92 Å². The van der Waals surface area contributed by atoms with Crippen LogP contribution in [0.25, 0.3) is 0 Å². The predicted octanol–water partition coefficient (Wildman–Crippen LogP) is 1.78. The van der Waals surface area contributed by atoms with E-state index in [9.17, 15) is 0 Å². The second-order valence-corrected chi connectivity index (χ2v) is 3.59. The van der Waals surface area contributed by atoms with E-state index in [0.29, 0.717) is 6.04 Å². The first-order valence-electron chi connectivity index (χ1n) is 5.08. The van der Waals surface area contributed by atoms with E-state index in [1.54, 1.807) is 0 Å². The van der Waals surface area contributed by atoms with Gasteiger partial charge in [0.25, 0.3) is 0 Å². The van der Waals surface area contributed by atoms with Gasteiger partial charge in [0.05, 0.1) is 6.61 Å². The van der Waals surface area contributed by atoms with Crippen LogP contribution in [0.15, 0.2) is 0 Å². The molecule has 2 heteroatoms. The SMILES string of the molecule is CCCC(C)CN[C@@H](CC)CO. The predicted molar refractivity (Wildman–Crippen MR) is 53.2 cm³/mol. The van der Waals surface area contributed by atoms with Crippen LogP contribution in [-0.2, 0) is 0 Å². The minimum Gasteiger partial charge on any atom is -0.395 e. The fourth-order valence-electron chi connectivity index (χ4n) is 1.30. The normalized spacial score (nSPS) is 16.0. The third kappa shape index (κ3) is 5.56. The molecule has 2 atom stereocenters. The minimum absolute atomic E-state index is 0.259. The molecule has 0 aliphatic rings. The van der Waals surface area contributed by atoms with Crippen LogP contribution in [0.2, 0.25) is 0 Å². The number of hydrogen-bond donors (Lipinski definition) is 2. The van der Waals surface area contributed by atoms with E-state index in [1.807, 2.05) is 0 Å². The van der Waals surface area contributed by atoms with Crippen LogP contribution in [0, 0.1) is 5.92 Å². The smallest absolute Gasteiger partial charge is 0.0584 e. The third-order valence-electron chi connectivity index (χ3n) is 2.25. The molecule has 0 rings (SSSR count). The first-order chi connectivity index (χ1) is 5.74. The molecule has 0 saturated heterocycles. The maximum atomic E-state index is 8.91. The zero-order chi connectivity index (χ0) is 9.40. The maximum absolute atomic E-state index is 8.91. The highest BCUT2D eigenvalue weighted by Gasteiger charge is 2.05. The van der Waals surface area contributed by atoms with E-state index in [1.165, 1.54) is 12.8 Å². The fraction of sp³-hybridized carbons (Fsp3) is 1.00. The molecule has 0 bridgehead atoms. The Balaban J connectivity index is 3.37. The van der Waals surface area contributed by atoms with Gasteiger partial charge in [-0.1, -0.05) is 27.2 Å². The van der Waals surface area contributed by atoms with Crippen molar-refractivity contribution in [2.75, 3.05) is 13.2 Å². The summed E-state index contributed by atoms with van der Waals surface area (Å²) >= 11 is 0. The molecule has 0 aliphatic heterocycles. The van der Waals surface area contributed by atoms with Gasteiger partial charge in [-0.3, -0.25) is 0 Å². The molecule has 0 aromatic heterocycles. The van der Waals surface area contributed by atoms with Gasteiger partial charge in [0.15, 0.2) is 0 Å². The highest BCUT2D eigenvalue weighted by Crippen LogP contribution is 2.03.